The first-order chi connectivity index (χ1) is 12.5. The van der Waals surface area contributed by atoms with Crippen LogP contribution in [0.4, 0.5) is 0 Å². The van der Waals surface area contributed by atoms with Crippen molar-refractivity contribution in [3.8, 4) is 5.75 Å². The lowest BCUT2D eigenvalue weighted by Gasteiger charge is -2.34. The molecular weight excluding hydrogens is 388 g/mol. The zero-order chi connectivity index (χ0) is 20.2. The Labute approximate surface area is 167 Å². The molecule has 8 heteroatoms. The molecule has 0 spiro atoms. The Morgan fingerprint density at radius 3 is 2.41 bits per heavy atom. The lowest BCUT2D eigenvalue weighted by Crippen LogP contribution is -2.50. The van der Waals surface area contributed by atoms with Crippen molar-refractivity contribution in [3.05, 3.63) is 23.2 Å². The molecule has 1 amide bonds. The van der Waals surface area contributed by atoms with Crippen LogP contribution in [0.2, 0.25) is 5.02 Å². The van der Waals surface area contributed by atoms with Gasteiger partial charge < -0.3 is 10.1 Å². The van der Waals surface area contributed by atoms with E-state index in [-0.39, 0.29) is 28.4 Å². The number of benzene rings is 1. The summed E-state index contributed by atoms with van der Waals surface area (Å²) in [5.41, 5.74) is -0.428. The maximum Gasteiger partial charge on any atom is 0.243 e. The average Bonchev–Trinajstić information content (AvgIpc) is 2.58. The fourth-order valence-electron chi connectivity index (χ4n) is 3.32. The number of rotatable bonds is 6. The number of amides is 1. The number of hydrogen-bond acceptors (Lipinski definition) is 4. The Morgan fingerprint density at radius 1 is 1.26 bits per heavy atom. The van der Waals surface area contributed by atoms with Gasteiger partial charge in [0.05, 0.1) is 23.6 Å². The minimum Gasteiger partial charge on any atom is -0.495 e. The van der Waals surface area contributed by atoms with Crippen molar-refractivity contribution in [1.29, 1.82) is 0 Å². The molecule has 0 saturated heterocycles. The molecule has 0 aromatic heterocycles. The highest BCUT2D eigenvalue weighted by Gasteiger charge is 2.34. The van der Waals surface area contributed by atoms with Crippen molar-refractivity contribution < 1.29 is 17.9 Å². The molecule has 6 nitrogen and oxygen atoms in total. The quantitative estimate of drug-likeness (QED) is 0.768. The number of hydrogen-bond donors (Lipinski definition) is 1. The summed E-state index contributed by atoms with van der Waals surface area (Å²) in [7, 11) is -2.39. The maximum atomic E-state index is 13.3. The molecule has 0 aliphatic heterocycles. The van der Waals surface area contributed by atoms with Crippen LogP contribution in [0.25, 0.3) is 0 Å². The third kappa shape index (κ3) is 5.83. The molecule has 1 N–H and O–H groups in total. The topological polar surface area (TPSA) is 75.7 Å². The highest BCUT2D eigenvalue weighted by atomic mass is 35.5. The van der Waals surface area contributed by atoms with Gasteiger partial charge in [0.2, 0.25) is 15.9 Å². The van der Waals surface area contributed by atoms with E-state index in [4.69, 9.17) is 16.3 Å². The van der Waals surface area contributed by atoms with Gasteiger partial charge in [-0.2, -0.15) is 4.31 Å². The van der Waals surface area contributed by atoms with E-state index in [2.05, 4.69) is 5.32 Å². The van der Waals surface area contributed by atoms with Crippen LogP contribution in [0.5, 0.6) is 5.75 Å². The number of carbonyl (C=O) groups excluding carboxylic acids is 1. The van der Waals surface area contributed by atoms with Crippen molar-refractivity contribution in [3.63, 3.8) is 0 Å². The predicted molar refractivity (Wildman–Crippen MR) is 107 cm³/mol. The Kier molecular flexibility index (Phi) is 7.16. The van der Waals surface area contributed by atoms with Crippen LogP contribution in [-0.2, 0) is 14.8 Å². The van der Waals surface area contributed by atoms with Crippen molar-refractivity contribution in [2.45, 2.75) is 69.4 Å². The summed E-state index contributed by atoms with van der Waals surface area (Å²) in [5.74, 6) is 0.0987. The van der Waals surface area contributed by atoms with Gasteiger partial charge in [0.1, 0.15) is 5.75 Å². The third-order valence-electron chi connectivity index (χ3n) is 4.53. The zero-order valence-corrected chi connectivity index (χ0v) is 18.0. The van der Waals surface area contributed by atoms with Gasteiger partial charge in [-0.25, -0.2) is 8.42 Å². The normalized spacial score (nSPS) is 16.4. The molecular formula is C19H29ClN2O4S. The third-order valence-corrected chi connectivity index (χ3v) is 6.72. The average molecular weight is 417 g/mol. The number of methoxy groups -OCH3 is 1. The molecule has 2 rings (SSSR count). The van der Waals surface area contributed by atoms with Gasteiger partial charge in [0.25, 0.3) is 0 Å². The second-order valence-corrected chi connectivity index (χ2v) is 10.2. The van der Waals surface area contributed by atoms with E-state index in [1.54, 1.807) is 0 Å². The standard InChI is InChI=1S/C19H29ClN2O4S/c1-19(2,3)21-18(23)13-22(14-8-6-5-7-9-14)27(24,25)15-10-11-17(26-4)16(20)12-15/h10-12,14H,5-9,13H2,1-4H3,(H,21,23). The Balaban J connectivity index is 2.35. The number of halogens is 1. The number of nitrogens with zero attached hydrogens (tertiary/aromatic N) is 1. The van der Waals surface area contributed by atoms with Gasteiger partial charge >= 0.3 is 0 Å². The molecule has 0 unspecified atom stereocenters. The second-order valence-electron chi connectivity index (χ2n) is 7.94. The summed E-state index contributed by atoms with van der Waals surface area (Å²) < 4.78 is 33.1. The van der Waals surface area contributed by atoms with Crippen molar-refractivity contribution in [2.24, 2.45) is 0 Å². The molecule has 0 heterocycles. The highest BCUT2D eigenvalue weighted by Crippen LogP contribution is 2.31. The summed E-state index contributed by atoms with van der Waals surface area (Å²) in [6.45, 7) is 5.41. The van der Waals surface area contributed by atoms with Gasteiger partial charge in [-0.1, -0.05) is 30.9 Å². The maximum absolute atomic E-state index is 13.3. The number of nitrogens with one attached hydrogen (secondary N) is 1. The fraction of sp³-hybridized carbons (Fsp3) is 0.632. The van der Waals surface area contributed by atoms with Gasteiger partial charge in [-0.3, -0.25) is 4.79 Å². The SMILES string of the molecule is COc1ccc(S(=O)(=O)N(CC(=O)NC(C)(C)C)C2CCCCC2)cc1Cl. The van der Waals surface area contributed by atoms with E-state index in [0.717, 1.165) is 32.1 Å². The van der Waals surface area contributed by atoms with Crippen LogP contribution in [0.15, 0.2) is 23.1 Å². The second kappa shape index (κ2) is 8.80. The van der Waals surface area contributed by atoms with Crippen molar-refractivity contribution in [1.82, 2.24) is 9.62 Å². The minimum atomic E-state index is -3.87. The summed E-state index contributed by atoms with van der Waals surface area (Å²) in [5, 5.41) is 3.07. The van der Waals surface area contributed by atoms with Gasteiger partial charge in [0, 0.05) is 11.6 Å². The smallest absolute Gasteiger partial charge is 0.243 e. The summed E-state index contributed by atoms with van der Waals surface area (Å²) in [6, 6.07) is 4.20. The highest BCUT2D eigenvalue weighted by molar-refractivity contribution is 7.89. The van der Waals surface area contributed by atoms with E-state index in [9.17, 15) is 13.2 Å². The molecule has 1 fully saturated rings. The van der Waals surface area contributed by atoms with E-state index in [1.165, 1.54) is 29.6 Å². The summed E-state index contributed by atoms with van der Waals surface area (Å²) in [6.07, 6.45) is 4.52. The lowest BCUT2D eigenvalue weighted by atomic mass is 9.95. The molecule has 152 valence electrons. The number of ether oxygens (including phenoxy) is 1. The Hall–Kier alpha value is -1.31. The van der Waals surface area contributed by atoms with Gasteiger partial charge in [0.15, 0.2) is 0 Å². The van der Waals surface area contributed by atoms with Crippen LogP contribution in [0, 0.1) is 0 Å². The van der Waals surface area contributed by atoms with Crippen LogP contribution in [-0.4, -0.2) is 43.9 Å². The molecule has 27 heavy (non-hydrogen) atoms. The Morgan fingerprint density at radius 2 is 1.89 bits per heavy atom. The Bertz CT molecular complexity index is 768. The molecule has 0 radical (unpaired) electrons. The van der Waals surface area contributed by atoms with E-state index < -0.39 is 15.6 Å². The summed E-state index contributed by atoms with van der Waals surface area (Å²) in [4.78, 5) is 12.6. The van der Waals surface area contributed by atoms with Crippen molar-refractivity contribution >= 4 is 27.5 Å². The minimum absolute atomic E-state index is 0.0717. The summed E-state index contributed by atoms with van der Waals surface area (Å²) >= 11 is 6.13. The zero-order valence-electron chi connectivity index (χ0n) is 16.4. The van der Waals surface area contributed by atoms with E-state index >= 15 is 0 Å². The molecule has 1 aliphatic rings. The first-order valence-electron chi connectivity index (χ1n) is 9.21. The van der Waals surface area contributed by atoms with Crippen LogP contribution < -0.4 is 10.1 Å². The molecule has 0 atom stereocenters. The monoisotopic (exact) mass is 416 g/mol. The number of carbonyl (C=O) groups is 1. The largest absolute Gasteiger partial charge is 0.495 e. The van der Waals surface area contributed by atoms with E-state index in [1.807, 2.05) is 20.8 Å². The molecule has 1 saturated carbocycles. The first kappa shape index (κ1) is 22.0. The fourth-order valence-corrected chi connectivity index (χ4v) is 5.31. The lowest BCUT2D eigenvalue weighted by molar-refractivity contribution is -0.123. The predicted octanol–water partition coefficient (Wildman–Crippen LogP) is 3.59. The molecule has 0 bridgehead atoms. The molecule has 1 aliphatic carbocycles. The van der Waals surface area contributed by atoms with Crippen molar-refractivity contribution in [2.75, 3.05) is 13.7 Å². The molecule has 1 aromatic rings. The molecule has 1 aromatic carbocycles. The number of sulfonamides is 1. The van der Waals surface area contributed by atoms with Crippen LogP contribution >= 0.6 is 11.6 Å². The van der Waals surface area contributed by atoms with Crippen LogP contribution in [0.1, 0.15) is 52.9 Å². The van der Waals surface area contributed by atoms with Gasteiger partial charge in [-0.15, -0.1) is 0 Å². The van der Waals surface area contributed by atoms with E-state index in [0.29, 0.717) is 5.75 Å². The van der Waals surface area contributed by atoms with Crippen LogP contribution in [0.3, 0.4) is 0 Å². The van der Waals surface area contributed by atoms with Gasteiger partial charge in [-0.05, 0) is 51.8 Å². The first-order valence-corrected chi connectivity index (χ1v) is 11.0.